The zero-order chi connectivity index (χ0) is 14.4. The molecule has 1 aromatic rings. The van der Waals surface area contributed by atoms with Crippen molar-refractivity contribution in [1.82, 2.24) is 15.1 Å². The number of carbonyl (C=O) groups excluding carboxylic acids is 1. The van der Waals surface area contributed by atoms with Crippen LogP contribution in [0.15, 0.2) is 0 Å². The van der Waals surface area contributed by atoms with Crippen molar-refractivity contribution in [1.29, 1.82) is 0 Å². The highest BCUT2D eigenvalue weighted by Gasteiger charge is 2.23. The maximum Gasteiger partial charge on any atom is 0.276 e. The molecule has 0 aliphatic carbocycles. The second-order valence-electron chi connectivity index (χ2n) is 4.92. The predicted molar refractivity (Wildman–Crippen MR) is 75.0 cm³/mol. The van der Waals surface area contributed by atoms with Crippen LogP contribution in [0.2, 0.25) is 0 Å². The monoisotopic (exact) mass is 268 g/mol. The van der Waals surface area contributed by atoms with Gasteiger partial charge in [0, 0.05) is 13.1 Å². The van der Waals surface area contributed by atoms with Gasteiger partial charge in [-0.25, -0.2) is 0 Å². The number of anilines is 1. The van der Waals surface area contributed by atoms with Crippen LogP contribution in [0.25, 0.3) is 0 Å². The number of rotatable bonds is 7. The van der Waals surface area contributed by atoms with E-state index in [2.05, 4.69) is 17.1 Å². The van der Waals surface area contributed by atoms with E-state index >= 15 is 0 Å². The van der Waals surface area contributed by atoms with E-state index in [1.807, 2.05) is 13.8 Å². The largest absolute Gasteiger partial charge is 0.395 e. The summed E-state index contributed by atoms with van der Waals surface area (Å²) < 4.78 is 0. The molecule has 0 saturated carbocycles. The molecule has 0 atom stereocenters. The quantitative estimate of drug-likeness (QED) is 0.695. The number of carbonyl (C=O) groups is 1. The number of aliphatic hydroxyl groups excluding tert-OH is 1. The van der Waals surface area contributed by atoms with Gasteiger partial charge in [0.05, 0.1) is 18.0 Å². The van der Waals surface area contributed by atoms with E-state index in [4.69, 9.17) is 10.8 Å². The summed E-state index contributed by atoms with van der Waals surface area (Å²) in [6.07, 6.45) is 1.88. The Hall–Kier alpha value is -1.56. The number of unbranched alkanes of at least 4 members (excludes halogenated alkanes) is 1. The fraction of sp³-hybridized carbons (Fsp3) is 0.692. The molecule has 1 aromatic heterocycles. The van der Waals surface area contributed by atoms with Crippen LogP contribution in [0.1, 0.15) is 55.7 Å². The van der Waals surface area contributed by atoms with Crippen LogP contribution in [0, 0.1) is 0 Å². The molecule has 0 aliphatic heterocycles. The van der Waals surface area contributed by atoms with Crippen LogP contribution in [-0.4, -0.2) is 45.8 Å². The van der Waals surface area contributed by atoms with E-state index in [0.29, 0.717) is 18.8 Å². The molecule has 0 saturated heterocycles. The number of hydrogen-bond donors (Lipinski definition) is 3. The molecule has 19 heavy (non-hydrogen) atoms. The molecule has 0 aromatic carbocycles. The third kappa shape index (κ3) is 3.70. The van der Waals surface area contributed by atoms with Gasteiger partial charge < -0.3 is 15.7 Å². The van der Waals surface area contributed by atoms with Crippen LogP contribution in [0.5, 0.6) is 0 Å². The van der Waals surface area contributed by atoms with Gasteiger partial charge in [0.2, 0.25) is 0 Å². The van der Waals surface area contributed by atoms with Gasteiger partial charge in [-0.2, -0.15) is 5.10 Å². The molecule has 4 N–H and O–H groups in total. The molecule has 1 rings (SSSR count). The molecule has 0 bridgehead atoms. The number of aliphatic hydroxyl groups is 1. The first-order valence-corrected chi connectivity index (χ1v) is 6.76. The van der Waals surface area contributed by atoms with Crippen molar-refractivity contribution in [2.75, 3.05) is 25.4 Å². The third-order valence-corrected chi connectivity index (χ3v) is 3.05. The number of amides is 1. The Labute approximate surface area is 114 Å². The van der Waals surface area contributed by atoms with Crippen LogP contribution in [0.3, 0.4) is 0 Å². The highest BCUT2D eigenvalue weighted by Crippen LogP contribution is 2.23. The molecule has 0 unspecified atom stereocenters. The Morgan fingerprint density at radius 1 is 1.47 bits per heavy atom. The number of aromatic nitrogens is 2. The Balaban J connectivity index is 2.89. The van der Waals surface area contributed by atoms with Gasteiger partial charge in [-0.1, -0.05) is 27.2 Å². The number of nitrogens with zero attached hydrogens (tertiary/aromatic N) is 2. The predicted octanol–water partition coefficient (Wildman–Crippen LogP) is 1.35. The minimum Gasteiger partial charge on any atom is -0.395 e. The van der Waals surface area contributed by atoms with Gasteiger partial charge in [0.15, 0.2) is 5.69 Å². The summed E-state index contributed by atoms with van der Waals surface area (Å²) in [6.45, 7) is 6.89. The lowest BCUT2D eigenvalue weighted by atomic mass is 10.1. The van der Waals surface area contributed by atoms with Gasteiger partial charge in [0.25, 0.3) is 5.91 Å². The summed E-state index contributed by atoms with van der Waals surface area (Å²) in [5.74, 6) is -0.0286. The van der Waals surface area contributed by atoms with Gasteiger partial charge in [-0.15, -0.1) is 0 Å². The van der Waals surface area contributed by atoms with E-state index < -0.39 is 0 Å². The zero-order valence-corrected chi connectivity index (χ0v) is 11.9. The molecule has 1 heterocycles. The first-order chi connectivity index (χ1) is 9.02. The average Bonchev–Trinajstić information content (AvgIpc) is 2.75. The van der Waals surface area contributed by atoms with Crippen molar-refractivity contribution < 1.29 is 9.90 Å². The van der Waals surface area contributed by atoms with E-state index in [1.54, 1.807) is 4.90 Å². The van der Waals surface area contributed by atoms with Crippen molar-refractivity contribution >= 4 is 11.6 Å². The minimum absolute atomic E-state index is 0.0587. The number of nitrogens with one attached hydrogen (secondary N) is 1. The first kappa shape index (κ1) is 15.5. The second kappa shape index (κ2) is 7.13. The number of hydrogen-bond acceptors (Lipinski definition) is 4. The van der Waals surface area contributed by atoms with Crippen LogP contribution in [0.4, 0.5) is 5.69 Å². The maximum atomic E-state index is 12.3. The van der Waals surface area contributed by atoms with Crippen molar-refractivity contribution in [3.05, 3.63) is 11.4 Å². The number of nitrogens with two attached hydrogens (primary N) is 1. The third-order valence-electron chi connectivity index (χ3n) is 3.05. The molecule has 6 nitrogen and oxygen atoms in total. The van der Waals surface area contributed by atoms with Gasteiger partial charge in [-0.05, 0) is 12.3 Å². The molecule has 1 amide bonds. The van der Waals surface area contributed by atoms with Crippen molar-refractivity contribution in [2.45, 2.75) is 39.5 Å². The van der Waals surface area contributed by atoms with Gasteiger partial charge in [0.1, 0.15) is 0 Å². The maximum absolute atomic E-state index is 12.3. The lowest BCUT2D eigenvalue weighted by Crippen LogP contribution is -2.35. The lowest BCUT2D eigenvalue weighted by molar-refractivity contribution is 0.0714. The van der Waals surface area contributed by atoms with E-state index in [1.165, 1.54) is 0 Å². The van der Waals surface area contributed by atoms with Crippen molar-refractivity contribution in [2.24, 2.45) is 0 Å². The number of aromatic amines is 1. The summed E-state index contributed by atoms with van der Waals surface area (Å²) in [5, 5.41) is 15.9. The number of H-pyrrole nitrogens is 1. The SMILES string of the molecule is CCCCN(CCO)C(=O)c1n[nH]c(C(C)C)c1N. The zero-order valence-electron chi connectivity index (χ0n) is 11.9. The molecule has 6 heteroatoms. The minimum atomic E-state index is -0.219. The summed E-state index contributed by atoms with van der Waals surface area (Å²) >= 11 is 0. The molecule has 0 fully saturated rings. The summed E-state index contributed by atoms with van der Waals surface area (Å²) in [4.78, 5) is 13.9. The van der Waals surface area contributed by atoms with Crippen LogP contribution in [-0.2, 0) is 0 Å². The Bertz CT molecular complexity index is 415. The first-order valence-electron chi connectivity index (χ1n) is 6.76. The summed E-state index contributed by atoms with van der Waals surface area (Å²) in [6, 6.07) is 0. The Morgan fingerprint density at radius 2 is 2.16 bits per heavy atom. The van der Waals surface area contributed by atoms with Crippen molar-refractivity contribution in [3.8, 4) is 0 Å². The second-order valence-corrected chi connectivity index (χ2v) is 4.92. The fourth-order valence-electron chi connectivity index (χ4n) is 1.90. The van der Waals surface area contributed by atoms with Gasteiger partial charge >= 0.3 is 0 Å². The standard InChI is InChI=1S/C13H24N4O2/c1-4-5-6-17(7-8-18)13(19)12-10(14)11(9(2)3)15-16-12/h9,18H,4-8,14H2,1-3H3,(H,15,16). The highest BCUT2D eigenvalue weighted by atomic mass is 16.3. The average molecular weight is 268 g/mol. The van der Waals surface area contributed by atoms with Crippen molar-refractivity contribution in [3.63, 3.8) is 0 Å². The molecule has 108 valence electrons. The Morgan fingerprint density at radius 3 is 2.63 bits per heavy atom. The van der Waals surface area contributed by atoms with Crippen LogP contribution < -0.4 is 5.73 Å². The summed E-state index contributed by atoms with van der Waals surface area (Å²) in [7, 11) is 0. The molecule has 0 spiro atoms. The normalized spacial score (nSPS) is 11.0. The van der Waals surface area contributed by atoms with E-state index in [9.17, 15) is 4.79 Å². The summed E-state index contributed by atoms with van der Waals surface area (Å²) in [5.41, 5.74) is 7.42. The van der Waals surface area contributed by atoms with Crippen LogP contribution >= 0.6 is 0 Å². The van der Waals surface area contributed by atoms with E-state index in [0.717, 1.165) is 18.5 Å². The molecular weight excluding hydrogens is 244 g/mol. The van der Waals surface area contributed by atoms with Gasteiger partial charge in [-0.3, -0.25) is 9.89 Å². The topological polar surface area (TPSA) is 95.2 Å². The Kier molecular flexibility index (Phi) is 5.82. The lowest BCUT2D eigenvalue weighted by Gasteiger charge is -2.20. The highest BCUT2D eigenvalue weighted by molar-refractivity contribution is 5.97. The molecule has 0 radical (unpaired) electrons. The molecular formula is C13H24N4O2. The fourth-order valence-corrected chi connectivity index (χ4v) is 1.90. The van der Waals surface area contributed by atoms with E-state index in [-0.39, 0.29) is 24.1 Å². The smallest absolute Gasteiger partial charge is 0.276 e. The number of nitrogen functional groups attached to an aromatic ring is 1. The molecule has 0 aliphatic rings.